The Kier molecular flexibility index (Phi) is 7.14. The van der Waals surface area contributed by atoms with Gasteiger partial charge < -0.3 is 0 Å². The van der Waals surface area contributed by atoms with Gasteiger partial charge in [-0.2, -0.15) is 5.10 Å². The van der Waals surface area contributed by atoms with Crippen LogP contribution in [0.4, 0.5) is 0 Å². The number of nitrogens with zero attached hydrogens (tertiary/aromatic N) is 2. The monoisotopic (exact) mass is 332 g/mol. The van der Waals surface area contributed by atoms with Gasteiger partial charge in [0, 0.05) is 18.2 Å². The lowest BCUT2D eigenvalue weighted by Crippen LogP contribution is -2.43. The van der Waals surface area contributed by atoms with E-state index in [1.807, 2.05) is 0 Å². The maximum absolute atomic E-state index is 4.55. The third-order valence-corrected chi connectivity index (χ3v) is 11.6. The standard InChI is InChI=1S/C20H36N2Si/c1-15(2)23(16(3)4,17(5)6)13-11-18(7)10-12-22-20(9)14-19(8)21-22/h14-18H,10,12H2,1-9H3. The highest BCUT2D eigenvalue weighted by Crippen LogP contribution is 2.40. The summed E-state index contributed by atoms with van der Waals surface area (Å²) in [6.45, 7) is 21.7. The second-order valence-electron chi connectivity index (χ2n) is 8.01. The highest BCUT2D eigenvalue weighted by Gasteiger charge is 2.41. The minimum atomic E-state index is -1.59. The molecule has 0 bridgehead atoms. The average Bonchev–Trinajstić information content (AvgIpc) is 2.74. The van der Waals surface area contributed by atoms with Gasteiger partial charge in [-0.1, -0.05) is 48.5 Å². The molecule has 3 heteroatoms. The summed E-state index contributed by atoms with van der Waals surface area (Å²) in [5.74, 6) is 4.07. The molecule has 2 nitrogen and oxygen atoms in total. The molecule has 0 radical (unpaired) electrons. The summed E-state index contributed by atoms with van der Waals surface area (Å²) in [4.78, 5) is 0. The van der Waals surface area contributed by atoms with Crippen molar-refractivity contribution in [3.05, 3.63) is 17.5 Å². The third kappa shape index (κ3) is 4.73. The first-order valence-electron chi connectivity index (χ1n) is 9.15. The summed E-state index contributed by atoms with van der Waals surface area (Å²) in [6.07, 6.45) is 1.08. The van der Waals surface area contributed by atoms with E-state index >= 15 is 0 Å². The van der Waals surface area contributed by atoms with Gasteiger partial charge in [-0.05, 0) is 43.0 Å². The Balaban J connectivity index is 2.84. The van der Waals surface area contributed by atoms with Crippen molar-refractivity contribution in [1.82, 2.24) is 9.78 Å². The van der Waals surface area contributed by atoms with Crippen LogP contribution in [0.5, 0.6) is 0 Å². The molecule has 1 atom stereocenters. The normalized spacial score (nSPS) is 13.6. The molecule has 1 aromatic heterocycles. The van der Waals surface area contributed by atoms with Crippen molar-refractivity contribution in [3.8, 4) is 11.5 Å². The van der Waals surface area contributed by atoms with E-state index in [0.717, 1.165) is 18.7 Å². The molecule has 23 heavy (non-hydrogen) atoms. The van der Waals surface area contributed by atoms with E-state index in [0.29, 0.717) is 22.5 Å². The van der Waals surface area contributed by atoms with Crippen LogP contribution in [0.3, 0.4) is 0 Å². The van der Waals surface area contributed by atoms with E-state index in [9.17, 15) is 0 Å². The minimum absolute atomic E-state index is 0.432. The molecule has 0 amide bonds. The third-order valence-electron chi connectivity index (χ3n) is 5.28. The van der Waals surface area contributed by atoms with Gasteiger partial charge >= 0.3 is 0 Å². The van der Waals surface area contributed by atoms with Gasteiger partial charge in [-0.3, -0.25) is 4.68 Å². The van der Waals surface area contributed by atoms with Crippen molar-refractivity contribution in [3.63, 3.8) is 0 Å². The lowest BCUT2D eigenvalue weighted by molar-refractivity contribution is 0.514. The highest BCUT2D eigenvalue weighted by molar-refractivity contribution is 6.90. The Morgan fingerprint density at radius 2 is 1.52 bits per heavy atom. The van der Waals surface area contributed by atoms with Gasteiger partial charge in [-0.15, -0.1) is 11.5 Å². The lowest BCUT2D eigenvalue weighted by atomic mass is 10.1. The van der Waals surface area contributed by atoms with Crippen LogP contribution in [-0.2, 0) is 6.54 Å². The van der Waals surface area contributed by atoms with Crippen molar-refractivity contribution < 1.29 is 0 Å². The zero-order valence-corrected chi connectivity index (χ0v) is 17.7. The zero-order valence-electron chi connectivity index (χ0n) is 16.7. The molecule has 1 aromatic rings. The molecule has 0 fully saturated rings. The molecular weight excluding hydrogens is 296 g/mol. The number of hydrogen-bond acceptors (Lipinski definition) is 1. The van der Waals surface area contributed by atoms with Gasteiger partial charge in [0.25, 0.3) is 0 Å². The summed E-state index contributed by atoms with van der Waals surface area (Å²) in [5.41, 5.74) is 8.32. The summed E-state index contributed by atoms with van der Waals surface area (Å²) in [6, 6.07) is 2.14. The molecule has 0 saturated heterocycles. The Bertz CT molecular complexity index is 536. The first kappa shape index (κ1) is 20.0. The summed E-state index contributed by atoms with van der Waals surface area (Å²) in [5, 5.41) is 4.55. The van der Waals surface area contributed by atoms with Gasteiger partial charge in [0.2, 0.25) is 0 Å². The van der Waals surface area contributed by atoms with Crippen LogP contribution >= 0.6 is 0 Å². The van der Waals surface area contributed by atoms with E-state index in [2.05, 4.69) is 89.6 Å². The van der Waals surface area contributed by atoms with Crippen molar-refractivity contribution in [1.29, 1.82) is 0 Å². The molecule has 1 rings (SSSR count). The fourth-order valence-electron chi connectivity index (χ4n) is 3.97. The number of hydrogen-bond donors (Lipinski definition) is 0. The molecular formula is C20H36N2Si. The van der Waals surface area contributed by atoms with E-state index in [-0.39, 0.29) is 0 Å². The van der Waals surface area contributed by atoms with E-state index < -0.39 is 8.07 Å². The topological polar surface area (TPSA) is 17.8 Å². The smallest absolute Gasteiger partial charge is 0.145 e. The predicted octanol–water partition coefficient (Wildman–Crippen LogP) is 5.75. The van der Waals surface area contributed by atoms with Crippen LogP contribution in [0.15, 0.2) is 6.07 Å². The quantitative estimate of drug-likeness (QED) is 0.479. The predicted molar refractivity (Wildman–Crippen MR) is 104 cm³/mol. The molecule has 0 aromatic carbocycles. The molecule has 1 unspecified atom stereocenters. The first-order valence-corrected chi connectivity index (χ1v) is 11.4. The maximum atomic E-state index is 4.55. The molecule has 0 N–H and O–H groups in total. The Morgan fingerprint density at radius 3 is 1.91 bits per heavy atom. The molecule has 130 valence electrons. The summed E-state index contributed by atoms with van der Waals surface area (Å²) in [7, 11) is -1.59. The highest BCUT2D eigenvalue weighted by atomic mass is 28.3. The SMILES string of the molecule is Cc1cc(C)n(CCC(C)C#C[Si](C(C)C)(C(C)C)C(C)C)n1. The molecule has 0 aliphatic heterocycles. The number of rotatable bonds is 6. The van der Waals surface area contributed by atoms with Crippen molar-refractivity contribution in [2.75, 3.05) is 0 Å². The van der Waals surface area contributed by atoms with Crippen LogP contribution in [0, 0.1) is 31.2 Å². The van der Waals surface area contributed by atoms with Gasteiger partial charge in [0.05, 0.1) is 5.69 Å². The second kappa shape index (κ2) is 8.19. The van der Waals surface area contributed by atoms with E-state index in [4.69, 9.17) is 0 Å². The van der Waals surface area contributed by atoms with Crippen LogP contribution < -0.4 is 0 Å². The lowest BCUT2D eigenvalue weighted by Gasteiger charge is -2.38. The van der Waals surface area contributed by atoms with Gasteiger partial charge in [-0.25, -0.2) is 0 Å². The summed E-state index contributed by atoms with van der Waals surface area (Å²) >= 11 is 0. The molecule has 0 aliphatic carbocycles. The first-order chi connectivity index (χ1) is 10.6. The Morgan fingerprint density at radius 1 is 1.00 bits per heavy atom. The number of aryl methyl sites for hydroxylation is 3. The van der Waals surface area contributed by atoms with E-state index in [1.54, 1.807) is 0 Å². The molecule has 0 saturated carbocycles. The average molecular weight is 333 g/mol. The van der Waals surface area contributed by atoms with Gasteiger partial charge in [0.15, 0.2) is 0 Å². The molecule has 1 heterocycles. The Hall–Kier alpha value is -1.01. The second-order valence-corrected chi connectivity index (χ2v) is 13.6. The zero-order chi connectivity index (χ0) is 17.8. The van der Waals surface area contributed by atoms with Gasteiger partial charge in [0.1, 0.15) is 8.07 Å². The summed E-state index contributed by atoms with van der Waals surface area (Å²) < 4.78 is 2.12. The van der Waals surface area contributed by atoms with Crippen molar-refractivity contribution in [2.45, 2.75) is 91.9 Å². The Labute approximate surface area is 145 Å². The minimum Gasteiger partial charge on any atom is -0.270 e. The van der Waals surface area contributed by atoms with E-state index in [1.165, 1.54) is 5.69 Å². The van der Waals surface area contributed by atoms with Crippen LogP contribution in [0.1, 0.15) is 66.3 Å². The van der Waals surface area contributed by atoms with Crippen molar-refractivity contribution >= 4 is 8.07 Å². The van der Waals surface area contributed by atoms with Crippen LogP contribution in [0.2, 0.25) is 16.6 Å². The van der Waals surface area contributed by atoms with Crippen LogP contribution in [-0.4, -0.2) is 17.9 Å². The van der Waals surface area contributed by atoms with Crippen LogP contribution in [0.25, 0.3) is 0 Å². The maximum Gasteiger partial charge on any atom is 0.145 e. The largest absolute Gasteiger partial charge is 0.270 e. The number of aromatic nitrogens is 2. The molecule has 0 spiro atoms. The van der Waals surface area contributed by atoms with Crippen molar-refractivity contribution in [2.24, 2.45) is 5.92 Å². The fourth-order valence-corrected chi connectivity index (χ4v) is 9.33. The fraction of sp³-hybridized carbons (Fsp3) is 0.750. The molecule has 0 aliphatic rings.